The van der Waals surface area contributed by atoms with Crippen molar-refractivity contribution >= 4 is 17.5 Å². The standard InChI is InChI=1S/C23H33N7O/c1-3-18-14-30(12-11-28-7-4-8-28)22(26-18)17-5-9-29(10-6-17)23-20-16(2)13-19(31)27-21(20)24-15-25-23/h14-17H,3-13H2,1-2H3,(H,24,25,27,31)/t16-/m1/s1. The summed E-state index contributed by atoms with van der Waals surface area (Å²) in [5, 5.41) is 2.92. The number of amides is 1. The predicted octanol–water partition coefficient (Wildman–Crippen LogP) is 2.77. The van der Waals surface area contributed by atoms with Crippen LogP contribution in [0.4, 0.5) is 11.6 Å². The van der Waals surface area contributed by atoms with Crippen LogP contribution in [0, 0.1) is 0 Å². The molecule has 0 aromatic carbocycles. The molecule has 2 fully saturated rings. The van der Waals surface area contributed by atoms with Crippen LogP contribution in [0.25, 0.3) is 0 Å². The fourth-order valence-electron chi connectivity index (χ4n) is 5.12. The normalized spacial score (nSPS) is 22.2. The molecule has 0 aliphatic carbocycles. The van der Waals surface area contributed by atoms with Gasteiger partial charge in [0, 0.05) is 50.3 Å². The first kappa shape index (κ1) is 20.4. The van der Waals surface area contributed by atoms with E-state index in [0.717, 1.165) is 56.8 Å². The summed E-state index contributed by atoms with van der Waals surface area (Å²) in [5.41, 5.74) is 2.29. The monoisotopic (exact) mass is 423 g/mol. The fourth-order valence-corrected chi connectivity index (χ4v) is 5.12. The topological polar surface area (TPSA) is 79.2 Å². The smallest absolute Gasteiger partial charge is 0.226 e. The summed E-state index contributed by atoms with van der Waals surface area (Å²) >= 11 is 0. The van der Waals surface area contributed by atoms with Gasteiger partial charge in [-0.1, -0.05) is 13.8 Å². The average Bonchev–Trinajstić information content (AvgIpc) is 3.15. The van der Waals surface area contributed by atoms with Crippen LogP contribution in [-0.2, 0) is 17.8 Å². The summed E-state index contributed by atoms with van der Waals surface area (Å²) in [6.07, 6.45) is 8.82. The molecule has 1 atom stereocenters. The molecule has 3 aliphatic heterocycles. The van der Waals surface area contributed by atoms with Gasteiger partial charge in [-0.2, -0.15) is 0 Å². The number of carbonyl (C=O) groups is 1. The molecule has 1 amide bonds. The highest BCUT2D eigenvalue weighted by molar-refractivity contribution is 5.94. The zero-order chi connectivity index (χ0) is 21.4. The molecule has 2 aromatic rings. The van der Waals surface area contributed by atoms with Crippen LogP contribution in [0.5, 0.6) is 0 Å². The number of aromatic nitrogens is 4. The number of carbonyl (C=O) groups excluding carboxylic acids is 1. The van der Waals surface area contributed by atoms with E-state index in [2.05, 4.69) is 49.7 Å². The Hall–Kier alpha value is -2.48. The van der Waals surface area contributed by atoms with Crippen LogP contribution in [0.2, 0.25) is 0 Å². The highest BCUT2D eigenvalue weighted by atomic mass is 16.1. The van der Waals surface area contributed by atoms with Crippen molar-refractivity contribution in [1.82, 2.24) is 24.4 Å². The maximum Gasteiger partial charge on any atom is 0.226 e. The lowest BCUT2D eigenvalue weighted by Crippen LogP contribution is -2.39. The molecule has 1 N–H and O–H groups in total. The fraction of sp³-hybridized carbons (Fsp3) is 0.652. The largest absolute Gasteiger partial charge is 0.356 e. The van der Waals surface area contributed by atoms with Crippen molar-refractivity contribution < 1.29 is 4.79 Å². The van der Waals surface area contributed by atoms with Crippen molar-refractivity contribution in [3.63, 3.8) is 0 Å². The summed E-state index contributed by atoms with van der Waals surface area (Å²) in [7, 11) is 0. The third kappa shape index (κ3) is 4.05. The van der Waals surface area contributed by atoms with Gasteiger partial charge in [0.15, 0.2) is 0 Å². The van der Waals surface area contributed by atoms with Gasteiger partial charge < -0.3 is 19.7 Å². The number of likely N-dealkylation sites (tertiary alicyclic amines) is 1. The Labute approximate surface area is 184 Å². The van der Waals surface area contributed by atoms with Crippen LogP contribution in [0.15, 0.2) is 12.5 Å². The van der Waals surface area contributed by atoms with Gasteiger partial charge in [-0.15, -0.1) is 0 Å². The van der Waals surface area contributed by atoms with Gasteiger partial charge in [0.05, 0.1) is 5.69 Å². The predicted molar refractivity (Wildman–Crippen MR) is 121 cm³/mol. The summed E-state index contributed by atoms with van der Waals surface area (Å²) < 4.78 is 2.42. The van der Waals surface area contributed by atoms with Gasteiger partial charge in [-0.3, -0.25) is 4.79 Å². The lowest BCUT2D eigenvalue weighted by Gasteiger charge is -2.36. The second-order valence-corrected chi connectivity index (χ2v) is 9.21. The molecular weight excluding hydrogens is 390 g/mol. The van der Waals surface area contributed by atoms with Crippen molar-refractivity contribution in [1.29, 1.82) is 0 Å². The minimum atomic E-state index is 0.0418. The molecule has 0 saturated carbocycles. The van der Waals surface area contributed by atoms with Gasteiger partial charge >= 0.3 is 0 Å². The molecule has 0 spiro atoms. The zero-order valence-corrected chi connectivity index (χ0v) is 18.7. The van der Waals surface area contributed by atoms with Crippen molar-refractivity contribution in [2.24, 2.45) is 0 Å². The van der Waals surface area contributed by atoms with E-state index >= 15 is 0 Å². The maximum absolute atomic E-state index is 11.9. The van der Waals surface area contributed by atoms with Gasteiger partial charge in [0.2, 0.25) is 5.91 Å². The van der Waals surface area contributed by atoms with Gasteiger partial charge in [-0.05, 0) is 44.7 Å². The molecule has 5 heterocycles. The molecule has 2 aromatic heterocycles. The molecule has 166 valence electrons. The Morgan fingerprint density at radius 3 is 2.65 bits per heavy atom. The van der Waals surface area contributed by atoms with E-state index in [1.807, 2.05) is 0 Å². The highest BCUT2D eigenvalue weighted by Gasteiger charge is 2.31. The van der Waals surface area contributed by atoms with Crippen molar-refractivity contribution in [3.05, 3.63) is 29.6 Å². The number of piperidine rings is 1. The van der Waals surface area contributed by atoms with E-state index < -0.39 is 0 Å². The number of fused-ring (bicyclic) bond motifs is 1. The Morgan fingerprint density at radius 2 is 1.94 bits per heavy atom. The summed E-state index contributed by atoms with van der Waals surface area (Å²) in [5.74, 6) is 3.62. The Balaban J connectivity index is 1.30. The number of anilines is 2. The lowest BCUT2D eigenvalue weighted by molar-refractivity contribution is -0.116. The van der Waals surface area contributed by atoms with E-state index in [0.29, 0.717) is 18.2 Å². The number of nitrogens with zero attached hydrogens (tertiary/aromatic N) is 6. The van der Waals surface area contributed by atoms with E-state index in [1.165, 1.54) is 31.0 Å². The molecule has 3 aliphatic rings. The molecule has 0 unspecified atom stereocenters. The molecule has 5 rings (SSSR count). The SMILES string of the molecule is CCc1cn(CCN2CCC2)c(C2CCN(c3ncnc4c3[C@H](C)CC(=O)N4)CC2)n1. The van der Waals surface area contributed by atoms with E-state index in [1.54, 1.807) is 6.33 Å². The van der Waals surface area contributed by atoms with E-state index in [9.17, 15) is 4.79 Å². The van der Waals surface area contributed by atoms with Crippen molar-refractivity contribution in [2.45, 2.75) is 64.3 Å². The maximum atomic E-state index is 11.9. The number of aryl methyl sites for hydroxylation is 1. The third-order valence-corrected chi connectivity index (χ3v) is 7.09. The van der Waals surface area contributed by atoms with Crippen LogP contribution in [0.1, 0.15) is 68.4 Å². The first-order valence-electron chi connectivity index (χ1n) is 11.8. The van der Waals surface area contributed by atoms with Gasteiger partial charge in [-0.25, -0.2) is 15.0 Å². The number of hydrogen-bond donors (Lipinski definition) is 1. The summed E-state index contributed by atoms with van der Waals surface area (Å²) in [4.78, 5) is 30.8. The Kier molecular flexibility index (Phi) is 5.65. The third-order valence-electron chi connectivity index (χ3n) is 7.09. The van der Waals surface area contributed by atoms with Crippen molar-refractivity contribution in [3.8, 4) is 0 Å². The second kappa shape index (κ2) is 8.57. The number of hydrogen-bond acceptors (Lipinski definition) is 6. The molecule has 2 saturated heterocycles. The van der Waals surface area contributed by atoms with Crippen molar-refractivity contribution in [2.75, 3.05) is 42.9 Å². The Bertz CT molecular complexity index is 943. The van der Waals surface area contributed by atoms with Crippen LogP contribution in [0.3, 0.4) is 0 Å². The average molecular weight is 424 g/mol. The summed E-state index contributed by atoms with van der Waals surface area (Å²) in [6.45, 7) is 10.8. The van der Waals surface area contributed by atoms with Crippen LogP contribution >= 0.6 is 0 Å². The first-order chi connectivity index (χ1) is 15.1. The minimum absolute atomic E-state index is 0.0418. The molecule has 0 bridgehead atoms. The van der Waals surface area contributed by atoms with Gasteiger partial charge in [0.1, 0.15) is 23.8 Å². The molecule has 8 nitrogen and oxygen atoms in total. The lowest BCUT2D eigenvalue weighted by atomic mass is 9.92. The molecular formula is C23H33N7O. The highest BCUT2D eigenvalue weighted by Crippen LogP contribution is 2.38. The Morgan fingerprint density at radius 1 is 1.13 bits per heavy atom. The number of nitrogens with one attached hydrogen (secondary N) is 1. The van der Waals surface area contributed by atoms with Crippen LogP contribution in [-0.4, -0.2) is 63.0 Å². The molecule has 31 heavy (non-hydrogen) atoms. The quantitative estimate of drug-likeness (QED) is 0.770. The van der Waals surface area contributed by atoms with E-state index in [4.69, 9.17) is 4.98 Å². The number of imidazole rings is 1. The zero-order valence-electron chi connectivity index (χ0n) is 18.7. The number of rotatable bonds is 6. The molecule has 8 heteroatoms. The molecule has 0 radical (unpaired) electrons. The van der Waals surface area contributed by atoms with E-state index in [-0.39, 0.29) is 11.8 Å². The first-order valence-corrected chi connectivity index (χ1v) is 11.8. The van der Waals surface area contributed by atoms with Gasteiger partial charge in [0.25, 0.3) is 0 Å². The minimum Gasteiger partial charge on any atom is -0.356 e. The second-order valence-electron chi connectivity index (χ2n) is 9.21. The van der Waals surface area contributed by atoms with Crippen LogP contribution < -0.4 is 10.2 Å². The summed E-state index contributed by atoms with van der Waals surface area (Å²) in [6, 6.07) is 0.